The predicted octanol–water partition coefficient (Wildman–Crippen LogP) is 4.07. The van der Waals surface area contributed by atoms with E-state index in [2.05, 4.69) is 20.6 Å². The zero-order valence-corrected chi connectivity index (χ0v) is 15.1. The molecule has 0 unspecified atom stereocenters. The summed E-state index contributed by atoms with van der Waals surface area (Å²) < 4.78 is 64.5. The summed E-state index contributed by atoms with van der Waals surface area (Å²) in [4.78, 5) is 0. The molecule has 0 saturated heterocycles. The molecule has 0 amide bonds. The van der Waals surface area contributed by atoms with Gasteiger partial charge >= 0.3 is 13.2 Å². The van der Waals surface area contributed by atoms with Crippen molar-refractivity contribution in [2.45, 2.75) is 44.3 Å². The summed E-state index contributed by atoms with van der Waals surface area (Å²) in [5.41, 5.74) is -0.511. The highest BCUT2D eigenvalue weighted by atomic mass is 19.3. The molecule has 0 spiro atoms. The fraction of sp³-hybridized carbons (Fsp3) is 0.556. The zero-order chi connectivity index (χ0) is 20.3. The van der Waals surface area contributed by atoms with Crippen molar-refractivity contribution in [3.63, 3.8) is 0 Å². The van der Waals surface area contributed by atoms with E-state index in [0.29, 0.717) is 43.9 Å². The van der Waals surface area contributed by atoms with Crippen LogP contribution in [0.3, 0.4) is 0 Å². The zero-order valence-electron chi connectivity index (χ0n) is 15.1. The summed E-state index contributed by atoms with van der Waals surface area (Å²) in [7, 11) is 1.79. The Kier molecular flexibility index (Phi) is 5.82. The summed E-state index contributed by atoms with van der Waals surface area (Å²) in [5.74, 6) is -0.312. The molecule has 152 valence electrons. The van der Waals surface area contributed by atoms with Crippen LogP contribution in [0.4, 0.5) is 17.6 Å². The van der Waals surface area contributed by atoms with Crippen LogP contribution < -0.4 is 9.47 Å². The number of hydrogen-bond donors (Lipinski definition) is 0. The molecular weight excluding hydrogens is 382 g/mol. The molecular formula is C18H19F4N3O3. The summed E-state index contributed by atoms with van der Waals surface area (Å²) in [6.45, 7) is -6.01. The van der Waals surface area contributed by atoms with Gasteiger partial charge in [-0.2, -0.15) is 22.8 Å². The van der Waals surface area contributed by atoms with Gasteiger partial charge in [-0.25, -0.2) is 0 Å². The average molecular weight is 401 g/mol. The monoisotopic (exact) mass is 401 g/mol. The van der Waals surface area contributed by atoms with E-state index in [4.69, 9.17) is 4.74 Å². The molecule has 1 aliphatic carbocycles. The Hall–Kier alpha value is -2.70. The SMILES string of the molecule is CN1COC(C2CCC(C#N)(c3ccc(OC(F)F)c(OC(F)F)c3)CC2)=N1. The second-order valence-electron chi connectivity index (χ2n) is 6.76. The Morgan fingerprint density at radius 1 is 1.18 bits per heavy atom. The minimum atomic E-state index is -3.21. The number of alkyl halides is 4. The summed E-state index contributed by atoms with van der Waals surface area (Å²) in [6, 6.07) is 6.03. The predicted molar refractivity (Wildman–Crippen MR) is 90.1 cm³/mol. The van der Waals surface area contributed by atoms with Gasteiger partial charge in [-0.3, -0.25) is 5.01 Å². The molecule has 0 atom stereocenters. The van der Waals surface area contributed by atoms with Crippen molar-refractivity contribution in [2.75, 3.05) is 13.8 Å². The smallest absolute Gasteiger partial charge is 0.387 e. The fourth-order valence-electron chi connectivity index (χ4n) is 3.59. The lowest BCUT2D eigenvalue weighted by Gasteiger charge is -2.35. The number of nitriles is 1. The van der Waals surface area contributed by atoms with Crippen LogP contribution in [0.15, 0.2) is 23.3 Å². The van der Waals surface area contributed by atoms with E-state index in [9.17, 15) is 22.8 Å². The van der Waals surface area contributed by atoms with E-state index >= 15 is 0 Å². The largest absolute Gasteiger partial charge is 0.457 e. The molecule has 1 heterocycles. The minimum Gasteiger partial charge on any atom is -0.457 e. The Bertz CT molecular complexity index is 774. The van der Waals surface area contributed by atoms with Gasteiger partial charge in [0.05, 0.1) is 11.5 Å². The first-order chi connectivity index (χ1) is 13.3. The Morgan fingerprint density at radius 2 is 1.82 bits per heavy atom. The molecule has 1 saturated carbocycles. The fourth-order valence-corrected chi connectivity index (χ4v) is 3.59. The van der Waals surface area contributed by atoms with Crippen molar-refractivity contribution < 1.29 is 31.8 Å². The van der Waals surface area contributed by atoms with Crippen LogP contribution in [0.2, 0.25) is 0 Å². The molecule has 0 N–H and O–H groups in total. The van der Waals surface area contributed by atoms with Crippen LogP contribution in [0.25, 0.3) is 0 Å². The highest BCUT2D eigenvalue weighted by Gasteiger charge is 2.40. The van der Waals surface area contributed by atoms with Crippen molar-refractivity contribution in [3.05, 3.63) is 23.8 Å². The number of halogens is 4. The quantitative estimate of drug-likeness (QED) is 0.672. The Balaban J connectivity index is 1.82. The maximum Gasteiger partial charge on any atom is 0.387 e. The molecule has 2 aliphatic rings. The average Bonchev–Trinajstić information content (AvgIpc) is 3.09. The van der Waals surface area contributed by atoms with Gasteiger partial charge in [-0.05, 0) is 43.4 Å². The molecule has 1 fully saturated rings. The van der Waals surface area contributed by atoms with Gasteiger partial charge in [0.1, 0.15) is 0 Å². The Labute approximate surface area is 159 Å². The molecule has 0 bridgehead atoms. The normalized spacial score (nSPS) is 24.7. The van der Waals surface area contributed by atoms with Crippen LogP contribution in [-0.4, -0.2) is 37.9 Å². The number of hydrogen-bond acceptors (Lipinski definition) is 6. The standard InChI is InChI=1S/C18H19F4N3O3/c1-25-10-26-15(24-25)11-4-6-18(9-23,7-5-11)12-2-3-13(27-16(19)20)14(8-12)28-17(21)22/h2-3,8,11,16-17H,4-7,10H2,1H3. The van der Waals surface area contributed by atoms with E-state index in [1.54, 1.807) is 12.1 Å². The third-order valence-corrected chi connectivity index (χ3v) is 5.00. The van der Waals surface area contributed by atoms with E-state index < -0.39 is 30.1 Å². The first kappa shape index (κ1) is 20.0. The second kappa shape index (κ2) is 8.12. The van der Waals surface area contributed by atoms with Crippen LogP contribution >= 0.6 is 0 Å². The maximum absolute atomic E-state index is 12.7. The van der Waals surface area contributed by atoms with Crippen LogP contribution in [0.5, 0.6) is 11.5 Å². The topological polar surface area (TPSA) is 67.1 Å². The molecule has 10 heteroatoms. The van der Waals surface area contributed by atoms with Crippen LogP contribution in [-0.2, 0) is 10.2 Å². The minimum absolute atomic E-state index is 0.0737. The molecule has 1 aromatic rings. The van der Waals surface area contributed by atoms with Gasteiger partial charge in [-0.1, -0.05) is 6.07 Å². The summed E-state index contributed by atoms with van der Waals surface area (Å²) in [6.07, 6.45) is 2.15. The number of nitrogens with zero attached hydrogens (tertiary/aromatic N) is 3. The number of hydrazone groups is 1. The van der Waals surface area contributed by atoms with E-state index in [-0.39, 0.29) is 5.92 Å². The molecule has 0 radical (unpaired) electrons. The summed E-state index contributed by atoms with van der Waals surface area (Å²) >= 11 is 0. The first-order valence-corrected chi connectivity index (χ1v) is 8.71. The molecule has 6 nitrogen and oxygen atoms in total. The number of benzene rings is 1. The van der Waals surface area contributed by atoms with Crippen molar-refractivity contribution in [2.24, 2.45) is 11.0 Å². The van der Waals surface area contributed by atoms with Crippen LogP contribution in [0.1, 0.15) is 31.2 Å². The van der Waals surface area contributed by atoms with Crippen molar-refractivity contribution in [1.82, 2.24) is 5.01 Å². The van der Waals surface area contributed by atoms with Crippen molar-refractivity contribution in [3.8, 4) is 17.6 Å². The molecule has 1 aromatic carbocycles. The maximum atomic E-state index is 12.7. The van der Waals surface area contributed by atoms with Gasteiger partial charge in [0.2, 0.25) is 5.90 Å². The van der Waals surface area contributed by atoms with Gasteiger partial charge in [0.25, 0.3) is 0 Å². The second-order valence-corrected chi connectivity index (χ2v) is 6.76. The van der Waals surface area contributed by atoms with Gasteiger partial charge in [-0.15, -0.1) is 5.10 Å². The lowest BCUT2D eigenvalue weighted by atomic mass is 9.67. The molecule has 1 aliphatic heterocycles. The first-order valence-electron chi connectivity index (χ1n) is 8.71. The Morgan fingerprint density at radius 3 is 2.36 bits per heavy atom. The molecule has 28 heavy (non-hydrogen) atoms. The molecule has 0 aromatic heterocycles. The van der Waals surface area contributed by atoms with E-state index in [1.807, 2.05) is 0 Å². The molecule has 3 rings (SSSR count). The third kappa shape index (κ3) is 4.24. The highest BCUT2D eigenvalue weighted by Crippen LogP contribution is 2.44. The lowest BCUT2D eigenvalue weighted by molar-refractivity contribution is -0.0693. The third-order valence-electron chi connectivity index (χ3n) is 5.00. The highest BCUT2D eigenvalue weighted by molar-refractivity contribution is 5.79. The lowest BCUT2D eigenvalue weighted by Crippen LogP contribution is -2.33. The number of rotatable bonds is 6. The van der Waals surface area contributed by atoms with Gasteiger partial charge < -0.3 is 14.2 Å². The van der Waals surface area contributed by atoms with E-state index in [1.165, 1.54) is 12.1 Å². The van der Waals surface area contributed by atoms with Gasteiger partial charge in [0, 0.05) is 13.0 Å². The van der Waals surface area contributed by atoms with Crippen molar-refractivity contribution in [1.29, 1.82) is 5.26 Å². The van der Waals surface area contributed by atoms with Crippen molar-refractivity contribution >= 4 is 5.90 Å². The van der Waals surface area contributed by atoms with Crippen LogP contribution in [0, 0.1) is 17.2 Å². The summed E-state index contributed by atoms with van der Waals surface area (Å²) in [5, 5.41) is 15.8. The van der Waals surface area contributed by atoms with E-state index in [0.717, 1.165) is 6.07 Å². The van der Waals surface area contributed by atoms with Gasteiger partial charge in [0.15, 0.2) is 18.2 Å². The number of ether oxygens (including phenoxy) is 3.